The van der Waals surface area contributed by atoms with Gasteiger partial charge in [-0.1, -0.05) is 28.1 Å². The number of carbonyl (C=O) groups is 1. The molecule has 0 atom stereocenters. The second-order valence-electron chi connectivity index (χ2n) is 4.98. The fourth-order valence-electron chi connectivity index (χ4n) is 2.00. The second kappa shape index (κ2) is 9.22. The number of benzene rings is 2. The van der Waals surface area contributed by atoms with Crippen LogP contribution in [0.3, 0.4) is 0 Å². The molecule has 0 spiro atoms. The van der Waals surface area contributed by atoms with Gasteiger partial charge in [-0.3, -0.25) is 4.79 Å². The topological polar surface area (TPSA) is 50.4 Å². The number of rotatable bonds is 8. The van der Waals surface area contributed by atoms with E-state index in [1.165, 1.54) is 12.1 Å². The molecule has 128 valence electrons. The molecule has 0 radical (unpaired) electrons. The number of ether oxygens (including phenoxy) is 1. The van der Waals surface area contributed by atoms with E-state index in [0.29, 0.717) is 13.0 Å². The molecular formula is C17H17BrF2N2O2. The van der Waals surface area contributed by atoms with Gasteiger partial charge in [0.25, 0.3) is 0 Å². The van der Waals surface area contributed by atoms with Crippen LogP contribution < -0.4 is 15.4 Å². The van der Waals surface area contributed by atoms with E-state index in [1.807, 2.05) is 24.3 Å². The lowest BCUT2D eigenvalue weighted by Crippen LogP contribution is -2.31. The zero-order chi connectivity index (χ0) is 17.4. The van der Waals surface area contributed by atoms with Crippen molar-refractivity contribution in [3.63, 3.8) is 0 Å². The van der Waals surface area contributed by atoms with Crippen molar-refractivity contribution < 1.29 is 18.3 Å². The van der Waals surface area contributed by atoms with E-state index < -0.39 is 6.61 Å². The number of carbonyl (C=O) groups excluding carboxylic acids is 1. The molecule has 0 aliphatic heterocycles. The molecule has 1 amide bonds. The Kier molecular flexibility index (Phi) is 6.99. The molecular weight excluding hydrogens is 382 g/mol. The minimum atomic E-state index is -2.83. The Morgan fingerprint density at radius 2 is 1.75 bits per heavy atom. The maximum Gasteiger partial charge on any atom is 0.387 e. The van der Waals surface area contributed by atoms with Gasteiger partial charge in [-0.25, -0.2) is 0 Å². The van der Waals surface area contributed by atoms with E-state index in [1.54, 1.807) is 12.1 Å². The van der Waals surface area contributed by atoms with Gasteiger partial charge >= 0.3 is 6.61 Å². The Bertz CT molecular complexity index is 649. The number of hydrogen-bond donors (Lipinski definition) is 2. The quantitative estimate of drug-likeness (QED) is 0.710. The molecule has 0 saturated carbocycles. The SMILES string of the molecule is O=C(CNc1ccc(Br)cc1)NCCc1ccc(OC(F)F)cc1. The normalized spacial score (nSPS) is 10.5. The third-order valence-electron chi connectivity index (χ3n) is 3.18. The summed E-state index contributed by atoms with van der Waals surface area (Å²) in [5, 5.41) is 5.82. The molecule has 0 bridgehead atoms. The lowest BCUT2D eigenvalue weighted by Gasteiger charge is -2.09. The van der Waals surface area contributed by atoms with Crippen LogP contribution in [0, 0.1) is 0 Å². The standard InChI is InChI=1S/C17H17BrF2N2O2/c18-13-3-5-14(6-4-13)22-11-16(23)21-10-9-12-1-7-15(8-2-12)24-17(19)20/h1-8,17,22H,9-11H2,(H,21,23). The van der Waals surface area contributed by atoms with Crippen LogP contribution in [0.5, 0.6) is 5.75 Å². The highest BCUT2D eigenvalue weighted by atomic mass is 79.9. The van der Waals surface area contributed by atoms with Crippen molar-refractivity contribution in [1.82, 2.24) is 5.32 Å². The molecule has 7 heteroatoms. The van der Waals surface area contributed by atoms with Crippen LogP contribution in [0.4, 0.5) is 14.5 Å². The molecule has 0 aliphatic carbocycles. The van der Waals surface area contributed by atoms with Gasteiger partial charge in [0.1, 0.15) is 5.75 Å². The Labute approximate surface area is 147 Å². The molecule has 0 heterocycles. The van der Waals surface area contributed by atoms with Crippen molar-refractivity contribution in [2.24, 2.45) is 0 Å². The van der Waals surface area contributed by atoms with E-state index in [0.717, 1.165) is 15.7 Å². The van der Waals surface area contributed by atoms with Gasteiger partial charge in [-0.2, -0.15) is 8.78 Å². The van der Waals surface area contributed by atoms with E-state index >= 15 is 0 Å². The summed E-state index contributed by atoms with van der Waals surface area (Å²) in [7, 11) is 0. The summed E-state index contributed by atoms with van der Waals surface area (Å²) in [6.45, 7) is -2.17. The molecule has 0 unspecified atom stereocenters. The molecule has 2 rings (SSSR count). The van der Waals surface area contributed by atoms with Crippen LogP contribution in [0.2, 0.25) is 0 Å². The van der Waals surface area contributed by atoms with Crippen molar-refractivity contribution in [1.29, 1.82) is 0 Å². The van der Waals surface area contributed by atoms with Crippen molar-refractivity contribution in [2.45, 2.75) is 13.0 Å². The van der Waals surface area contributed by atoms with Gasteiger partial charge in [-0.05, 0) is 48.4 Å². The van der Waals surface area contributed by atoms with Crippen LogP contribution in [-0.4, -0.2) is 25.6 Å². The highest BCUT2D eigenvalue weighted by Crippen LogP contribution is 2.15. The van der Waals surface area contributed by atoms with Gasteiger partial charge < -0.3 is 15.4 Å². The summed E-state index contributed by atoms with van der Waals surface area (Å²) in [6, 6.07) is 13.9. The van der Waals surface area contributed by atoms with E-state index in [2.05, 4.69) is 31.3 Å². The number of amides is 1. The first-order valence-electron chi connectivity index (χ1n) is 7.33. The van der Waals surface area contributed by atoms with Crippen molar-refractivity contribution in [3.05, 3.63) is 58.6 Å². The van der Waals surface area contributed by atoms with E-state index in [4.69, 9.17) is 0 Å². The highest BCUT2D eigenvalue weighted by Gasteiger charge is 2.04. The van der Waals surface area contributed by atoms with Gasteiger partial charge in [0.05, 0.1) is 6.54 Å². The van der Waals surface area contributed by atoms with Crippen LogP contribution >= 0.6 is 15.9 Å². The Morgan fingerprint density at radius 3 is 2.38 bits per heavy atom. The number of nitrogens with one attached hydrogen (secondary N) is 2. The fraction of sp³-hybridized carbons (Fsp3) is 0.235. The van der Waals surface area contributed by atoms with Gasteiger partial charge in [-0.15, -0.1) is 0 Å². The highest BCUT2D eigenvalue weighted by molar-refractivity contribution is 9.10. The number of halogens is 3. The fourth-order valence-corrected chi connectivity index (χ4v) is 2.26. The maximum atomic E-state index is 12.0. The van der Waals surface area contributed by atoms with Crippen LogP contribution in [0.15, 0.2) is 53.0 Å². The molecule has 2 N–H and O–H groups in total. The van der Waals surface area contributed by atoms with Gasteiger partial charge in [0, 0.05) is 16.7 Å². The third kappa shape index (κ3) is 6.54. The lowest BCUT2D eigenvalue weighted by atomic mass is 10.1. The Morgan fingerprint density at radius 1 is 1.08 bits per heavy atom. The number of alkyl halides is 2. The predicted octanol–water partition coefficient (Wildman–Crippen LogP) is 3.82. The van der Waals surface area contributed by atoms with Crippen molar-refractivity contribution >= 4 is 27.5 Å². The van der Waals surface area contributed by atoms with Gasteiger partial charge in [0.15, 0.2) is 0 Å². The second-order valence-corrected chi connectivity index (χ2v) is 5.90. The van der Waals surface area contributed by atoms with E-state index in [9.17, 15) is 13.6 Å². The monoisotopic (exact) mass is 398 g/mol. The van der Waals surface area contributed by atoms with Crippen LogP contribution in [0.25, 0.3) is 0 Å². The van der Waals surface area contributed by atoms with Gasteiger partial charge in [0.2, 0.25) is 5.91 Å². The minimum absolute atomic E-state index is 0.115. The first kappa shape index (κ1) is 18.2. The number of hydrogen-bond acceptors (Lipinski definition) is 3. The maximum absolute atomic E-state index is 12.0. The zero-order valence-electron chi connectivity index (χ0n) is 12.8. The summed E-state index contributed by atoms with van der Waals surface area (Å²) in [5.74, 6) is 0.00653. The molecule has 0 fully saturated rings. The molecule has 0 aliphatic rings. The summed E-state index contributed by atoms with van der Waals surface area (Å²) < 4.78 is 29.4. The molecule has 0 saturated heterocycles. The molecule has 2 aromatic rings. The Balaban J connectivity index is 1.67. The zero-order valence-corrected chi connectivity index (χ0v) is 14.4. The van der Waals surface area contributed by atoms with Crippen LogP contribution in [-0.2, 0) is 11.2 Å². The average Bonchev–Trinajstić information content (AvgIpc) is 2.55. The molecule has 24 heavy (non-hydrogen) atoms. The minimum Gasteiger partial charge on any atom is -0.435 e. The smallest absolute Gasteiger partial charge is 0.387 e. The van der Waals surface area contributed by atoms with Crippen molar-refractivity contribution in [2.75, 3.05) is 18.4 Å². The third-order valence-corrected chi connectivity index (χ3v) is 3.71. The van der Waals surface area contributed by atoms with E-state index in [-0.39, 0.29) is 18.2 Å². The largest absolute Gasteiger partial charge is 0.435 e. The van der Waals surface area contributed by atoms with Crippen LogP contribution in [0.1, 0.15) is 5.56 Å². The predicted molar refractivity (Wildman–Crippen MR) is 92.4 cm³/mol. The average molecular weight is 399 g/mol. The Hall–Kier alpha value is -2.15. The summed E-state index contributed by atoms with van der Waals surface area (Å²) in [6.07, 6.45) is 0.610. The molecule has 0 aromatic heterocycles. The van der Waals surface area contributed by atoms with Crippen molar-refractivity contribution in [3.8, 4) is 5.75 Å². The summed E-state index contributed by atoms with van der Waals surface area (Å²) in [4.78, 5) is 11.8. The number of anilines is 1. The first-order valence-corrected chi connectivity index (χ1v) is 8.12. The molecule has 2 aromatic carbocycles. The summed E-state index contributed by atoms with van der Waals surface area (Å²) in [5.41, 5.74) is 1.79. The first-order chi connectivity index (χ1) is 11.5. The lowest BCUT2D eigenvalue weighted by molar-refractivity contribution is -0.119. The summed E-state index contributed by atoms with van der Waals surface area (Å²) >= 11 is 3.35. The molecule has 4 nitrogen and oxygen atoms in total.